The van der Waals surface area contributed by atoms with Gasteiger partial charge in [0.2, 0.25) is 0 Å². The fraction of sp³-hybridized carbons (Fsp3) is 0.655. The third-order valence-electron chi connectivity index (χ3n) is 19.8. The second kappa shape index (κ2) is 16.5. The summed E-state index contributed by atoms with van der Waals surface area (Å²) in [6.07, 6.45) is 8.32. The van der Waals surface area contributed by atoms with Crippen molar-refractivity contribution in [1.82, 2.24) is 0 Å². The van der Waals surface area contributed by atoms with Crippen LogP contribution in [0, 0.1) is 52.3 Å². The lowest BCUT2D eigenvalue weighted by atomic mass is 9.50. The first kappa shape index (κ1) is 45.0. The molecule has 1 amide bonds. The lowest BCUT2D eigenvalue weighted by Crippen LogP contribution is -2.57. The maximum absolute atomic E-state index is 17.3. The van der Waals surface area contributed by atoms with Crippen molar-refractivity contribution in [1.29, 1.82) is 0 Å². The van der Waals surface area contributed by atoms with Crippen LogP contribution < -0.4 is 9.47 Å². The molecule has 0 aromatic heterocycles. The van der Waals surface area contributed by atoms with Crippen molar-refractivity contribution in [3.8, 4) is 23.0 Å². The Hall–Kier alpha value is -3.79. The van der Waals surface area contributed by atoms with Gasteiger partial charge in [-0.2, -0.15) is 0 Å². The summed E-state index contributed by atoms with van der Waals surface area (Å²) in [5.74, 6) is -6.30. The first-order valence-corrected chi connectivity index (χ1v) is 25.0. The van der Waals surface area contributed by atoms with Gasteiger partial charge in [0.15, 0.2) is 11.5 Å². The number of phenols is 2. The van der Waals surface area contributed by atoms with E-state index in [1.165, 1.54) is 0 Å². The molecule has 10 heteroatoms. The minimum Gasteiger partial charge on any atom is -0.508 e. The summed E-state index contributed by atoms with van der Waals surface area (Å²) in [6, 6.07) is 17.0. The molecular formula is C55H70F4NO5+. The zero-order valence-corrected chi connectivity index (χ0v) is 38.9. The van der Waals surface area contributed by atoms with Gasteiger partial charge in [0, 0.05) is 30.1 Å². The van der Waals surface area contributed by atoms with Crippen LogP contribution in [0.3, 0.4) is 0 Å². The Bertz CT molecular complexity index is 2180. The molecule has 6 aliphatic carbocycles. The molecule has 1 aliphatic heterocycles. The van der Waals surface area contributed by atoms with Gasteiger partial charge in [-0.1, -0.05) is 32.0 Å². The normalized spacial score (nSPS) is 35.3. The first-order chi connectivity index (χ1) is 31.0. The maximum atomic E-state index is 17.3. The van der Waals surface area contributed by atoms with Crippen LogP contribution in [-0.4, -0.2) is 66.3 Å². The van der Waals surface area contributed by atoms with Crippen molar-refractivity contribution in [2.45, 2.75) is 140 Å². The smallest absolute Gasteiger partial charge is 0.313 e. The number of carbonyl (C=O) groups excluding carboxylic acids is 1. The third kappa shape index (κ3) is 7.21. The molecule has 3 aromatic rings. The second-order valence-corrected chi connectivity index (χ2v) is 22.4. The highest BCUT2D eigenvalue weighted by molar-refractivity contribution is 5.69. The van der Waals surface area contributed by atoms with Crippen molar-refractivity contribution >= 4 is 5.91 Å². The van der Waals surface area contributed by atoms with Crippen molar-refractivity contribution in [2.24, 2.45) is 52.3 Å². The quantitative estimate of drug-likeness (QED) is 0.157. The topological polar surface area (TPSA) is 76.0 Å². The molecule has 2 N–H and O–H groups in total. The van der Waals surface area contributed by atoms with Crippen LogP contribution in [0.15, 0.2) is 54.6 Å². The molecular weight excluding hydrogens is 831 g/mol. The zero-order chi connectivity index (χ0) is 45.7. The number of carbonyl (C=O) groups is 1. The molecule has 65 heavy (non-hydrogen) atoms. The minimum absolute atomic E-state index is 0.0361. The SMILES string of the molecule is COc1ccc(CC[N+]2(C(=O)CC[C@H]([C@@H]3CC(F)(F)[C@@]4(C)CCC5c6ccc(O)cc6CCC5C34)[C@H]3CC(F)(F)[C@@]4(C)CCC5c6ccc(O)cc6CCC5C34)CCCCC2)cc1OC. The van der Waals surface area contributed by atoms with Gasteiger partial charge in [0.1, 0.15) is 11.5 Å². The number of halogens is 4. The van der Waals surface area contributed by atoms with E-state index in [9.17, 15) is 10.2 Å². The molecule has 1 saturated heterocycles. The van der Waals surface area contributed by atoms with E-state index >= 15 is 22.4 Å². The number of piperidine rings is 1. The van der Waals surface area contributed by atoms with Gasteiger partial charge < -0.3 is 19.7 Å². The number of alkyl halides is 4. The molecule has 0 bridgehead atoms. The van der Waals surface area contributed by atoms with E-state index in [2.05, 4.69) is 0 Å². The van der Waals surface area contributed by atoms with Crippen LogP contribution in [0.4, 0.5) is 17.6 Å². The summed E-state index contributed by atoms with van der Waals surface area (Å²) < 4.78 is 80.7. The molecule has 11 atom stereocenters. The standard InChI is InChI=1S/C55H69F4NO5/c1-52-23-20-41-38-15-11-36(61)29-34(38)9-13-43(41)50(52)45(31-54(52,56)57)40(17-19-49(63)60(25-6-5-7-26-60)27-22-33-8-18-47(64-3)48(28-33)65-4)46-32-55(58,59)53(2)24-21-42-39-16-12-37(62)30-35(39)10-14-44(42)51(46)53/h8,11-12,15-16,18,28-30,40-46,50-51H,5-7,9-10,13-14,17,19-27,31-32H2,1-4H3,(H-,61,62)/p+1/t40-,41?,42?,43?,44?,45+,46-,50?,51?,52-,53-/m0/s1. The van der Waals surface area contributed by atoms with Gasteiger partial charge in [-0.3, -0.25) is 4.48 Å². The summed E-state index contributed by atoms with van der Waals surface area (Å²) in [7, 11) is 3.22. The number of aromatic hydroxyl groups is 2. The zero-order valence-electron chi connectivity index (χ0n) is 38.9. The summed E-state index contributed by atoms with van der Waals surface area (Å²) in [5, 5.41) is 20.9. The molecule has 6 unspecified atom stereocenters. The molecule has 3 aromatic carbocycles. The molecule has 352 valence electrons. The summed E-state index contributed by atoms with van der Waals surface area (Å²) in [4.78, 5) is 15.2. The Morgan fingerprint density at radius 2 is 1.23 bits per heavy atom. The number of nitrogens with zero attached hydrogens (tertiary/aromatic N) is 1. The largest absolute Gasteiger partial charge is 0.508 e. The second-order valence-electron chi connectivity index (χ2n) is 22.4. The fourth-order valence-electron chi connectivity index (χ4n) is 16.6. The number of likely N-dealkylation sites (tertiary alicyclic amines) is 1. The summed E-state index contributed by atoms with van der Waals surface area (Å²) in [5.41, 5.74) is 2.97. The highest BCUT2D eigenvalue weighted by atomic mass is 19.3. The van der Waals surface area contributed by atoms with Crippen LogP contribution in [-0.2, 0) is 24.1 Å². The predicted octanol–water partition coefficient (Wildman–Crippen LogP) is 12.4. The van der Waals surface area contributed by atoms with E-state index in [0.717, 1.165) is 73.0 Å². The number of rotatable bonds is 10. The van der Waals surface area contributed by atoms with Crippen LogP contribution >= 0.6 is 0 Å². The van der Waals surface area contributed by atoms with Crippen molar-refractivity contribution in [2.75, 3.05) is 33.9 Å². The number of amides is 1. The number of methoxy groups -OCH3 is 2. The highest BCUT2D eigenvalue weighted by Gasteiger charge is 2.73. The van der Waals surface area contributed by atoms with Crippen LogP contribution in [0.25, 0.3) is 0 Å². The monoisotopic (exact) mass is 901 g/mol. The lowest BCUT2D eigenvalue weighted by Gasteiger charge is -2.54. The Morgan fingerprint density at radius 1 is 0.708 bits per heavy atom. The summed E-state index contributed by atoms with van der Waals surface area (Å²) in [6.45, 7) is 5.67. The Morgan fingerprint density at radius 3 is 1.74 bits per heavy atom. The fourth-order valence-corrected chi connectivity index (χ4v) is 16.6. The average Bonchev–Trinajstić information content (AvgIpc) is 3.65. The Kier molecular flexibility index (Phi) is 11.4. The first-order valence-electron chi connectivity index (χ1n) is 25.0. The molecule has 4 saturated carbocycles. The Balaban J connectivity index is 1.03. The maximum Gasteiger partial charge on any atom is 0.313 e. The van der Waals surface area contributed by atoms with Crippen LogP contribution in [0.1, 0.15) is 137 Å². The van der Waals surface area contributed by atoms with E-state index in [0.29, 0.717) is 73.9 Å². The van der Waals surface area contributed by atoms with E-state index in [4.69, 9.17) is 9.47 Å². The predicted molar refractivity (Wildman–Crippen MR) is 243 cm³/mol. The number of hydrogen-bond donors (Lipinski definition) is 2. The number of hydrogen-bond acceptors (Lipinski definition) is 5. The van der Waals surface area contributed by atoms with Crippen molar-refractivity contribution in [3.05, 3.63) is 82.4 Å². The van der Waals surface area contributed by atoms with Crippen molar-refractivity contribution in [3.63, 3.8) is 0 Å². The van der Waals surface area contributed by atoms with Gasteiger partial charge in [0.25, 0.3) is 11.8 Å². The molecule has 1 heterocycles. The van der Waals surface area contributed by atoms with E-state index < -0.39 is 40.4 Å². The van der Waals surface area contributed by atoms with Crippen LogP contribution in [0.5, 0.6) is 23.0 Å². The highest BCUT2D eigenvalue weighted by Crippen LogP contribution is 2.74. The lowest BCUT2D eigenvalue weighted by molar-refractivity contribution is -0.859. The van der Waals surface area contributed by atoms with Gasteiger partial charge in [-0.25, -0.2) is 22.4 Å². The van der Waals surface area contributed by atoms with Crippen molar-refractivity contribution < 1.29 is 46.5 Å². The number of aryl methyl sites for hydroxylation is 2. The minimum atomic E-state index is -2.98. The molecule has 6 nitrogen and oxygen atoms in total. The van der Waals surface area contributed by atoms with E-state index in [-0.39, 0.29) is 72.2 Å². The average molecular weight is 901 g/mol. The molecule has 0 spiro atoms. The molecule has 7 aliphatic rings. The van der Waals surface area contributed by atoms with E-state index in [1.54, 1.807) is 26.4 Å². The molecule has 10 rings (SSSR count). The number of benzene rings is 3. The molecule has 0 radical (unpaired) electrons. The molecule has 5 fully saturated rings. The van der Waals surface area contributed by atoms with Gasteiger partial charge in [-0.05, 0) is 195 Å². The number of ether oxygens (including phenoxy) is 2. The van der Waals surface area contributed by atoms with Gasteiger partial charge in [-0.15, -0.1) is 0 Å². The number of fused-ring (bicyclic) bond motifs is 10. The Labute approximate surface area is 383 Å². The van der Waals surface area contributed by atoms with E-state index in [1.807, 2.05) is 56.3 Å². The number of quaternary nitrogens is 1. The van der Waals surface area contributed by atoms with Gasteiger partial charge in [0.05, 0.1) is 40.3 Å². The van der Waals surface area contributed by atoms with Crippen LogP contribution in [0.2, 0.25) is 0 Å². The number of phenolic OH excluding ortho intramolecular Hbond substituents is 2. The third-order valence-corrected chi connectivity index (χ3v) is 19.8. The van der Waals surface area contributed by atoms with Gasteiger partial charge >= 0.3 is 5.91 Å². The summed E-state index contributed by atoms with van der Waals surface area (Å²) >= 11 is 0.